The molecule has 11 heavy (non-hydrogen) atoms. The zero-order valence-electron chi connectivity index (χ0n) is 5.97. The van der Waals surface area contributed by atoms with Crippen molar-refractivity contribution in [2.24, 2.45) is 0 Å². The third-order valence-electron chi connectivity index (χ3n) is 0. The Morgan fingerprint density at radius 1 is 1.00 bits per heavy atom. The summed E-state index contributed by atoms with van der Waals surface area (Å²) in [6, 6.07) is 0. The van der Waals surface area contributed by atoms with Crippen LogP contribution in [0.3, 0.4) is 0 Å². The fraction of sp³-hybridized carbons (Fsp3) is 0. The third kappa shape index (κ3) is 434. The van der Waals surface area contributed by atoms with Crippen LogP contribution in [0.15, 0.2) is 0 Å². The molecular weight excluding hydrogens is 211 g/mol. The second-order valence-electron chi connectivity index (χ2n) is 0.307. The average molecular weight is 220 g/mol. The minimum Gasteiger partial charge on any atom is -0.554 e. The van der Waals surface area contributed by atoms with E-state index in [9.17, 15) is 0 Å². The van der Waals surface area contributed by atoms with Gasteiger partial charge < -0.3 is 26.3 Å². The molecule has 0 atom stereocenters. The quantitative estimate of drug-likeness (QED) is 0.322. The van der Waals surface area contributed by atoms with Crippen molar-refractivity contribution in [1.29, 1.82) is 0 Å². The number of carbonyl (C=O) groups is 3. The van der Waals surface area contributed by atoms with Crippen molar-refractivity contribution in [3.63, 3.8) is 0 Å². The molecule has 0 radical (unpaired) electrons. The summed E-state index contributed by atoms with van der Waals surface area (Å²) in [4.78, 5) is 25.0. The van der Waals surface area contributed by atoms with E-state index in [-0.39, 0.29) is 38.6 Å². The van der Waals surface area contributed by atoms with Gasteiger partial charge in [0.1, 0.15) is 0 Å². The number of carbonyl (C=O) groups excluding carboxylic acids is 1. The molecule has 0 heterocycles. The largest absolute Gasteiger partial charge is 0.554 e. The van der Waals surface area contributed by atoms with E-state index in [1.165, 1.54) is 0 Å². The summed E-state index contributed by atoms with van der Waals surface area (Å²) >= 11 is 0. The predicted molar refractivity (Wildman–Crippen MR) is 29.4 cm³/mol. The molecule has 0 aliphatic rings. The molecule has 0 aromatic carbocycles. The first kappa shape index (κ1) is 32.4. The SMILES string of the molecule is O=CO.O=CO.O=C[O-].[NH4+].[Zn]. The van der Waals surface area contributed by atoms with Crippen LogP contribution in [0.25, 0.3) is 0 Å². The van der Waals surface area contributed by atoms with E-state index < -0.39 is 6.47 Å². The van der Waals surface area contributed by atoms with Crippen molar-refractivity contribution in [1.82, 2.24) is 6.15 Å². The zero-order valence-corrected chi connectivity index (χ0v) is 8.93. The summed E-state index contributed by atoms with van der Waals surface area (Å²) in [5.74, 6) is 0. The maximum Gasteiger partial charge on any atom is 0.290 e. The molecule has 0 fully saturated rings. The van der Waals surface area contributed by atoms with Gasteiger partial charge in [0, 0.05) is 26.0 Å². The van der Waals surface area contributed by atoms with E-state index in [1.807, 2.05) is 0 Å². The van der Waals surface area contributed by atoms with E-state index in [0.717, 1.165) is 0 Å². The van der Waals surface area contributed by atoms with Gasteiger partial charge >= 0.3 is 0 Å². The first-order chi connectivity index (χ1) is 4.24. The predicted octanol–water partition coefficient (Wildman–Crippen LogP) is -1.86. The Labute approximate surface area is 75.4 Å². The van der Waals surface area contributed by atoms with E-state index in [4.69, 9.17) is 29.7 Å². The monoisotopic (exact) mass is 219 g/mol. The number of rotatable bonds is 0. The Morgan fingerprint density at radius 3 is 1.00 bits per heavy atom. The second-order valence-corrected chi connectivity index (χ2v) is 0.307. The molecule has 0 aromatic heterocycles. The van der Waals surface area contributed by atoms with Crippen LogP contribution in [0, 0.1) is 0 Å². The summed E-state index contributed by atoms with van der Waals surface area (Å²) in [6.07, 6.45) is 0. The Bertz CT molecular complexity index is 54.6. The van der Waals surface area contributed by atoms with Crippen LogP contribution in [-0.4, -0.2) is 29.6 Å². The molecule has 0 aliphatic heterocycles. The smallest absolute Gasteiger partial charge is 0.290 e. The molecule has 0 saturated heterocycles. The van der Waals surface area contributed by atoms with Crippen molar-refractivity contribution in [2.45, 2.75) is 0 Å². The number of hydrogen-bond acceptors (Lipinski definition) is 4. The van der Waals surface area contributed by atoms with Gasteiger partial charge in [-0.05, 0) is 0 Å². The fourth-order valence-electron chi connectivity index (χ4n) is 0. The van der Waals surface area contributed by atoms with Gasteiger partial charge in [0.25, 0.3) is 12.9 Å². The van der Waals surface area contributed by atoms with E-state index in [0.29, 0.717) is 0 Å². The normalized spacial score (nSPS) is 3.27. The van der Waals surface area contributed by atoms with Gasteiger partial charge in [0.15, 0.2) is 0 Å². The molecule has 7 nitrogen and oxygen atoms in total. The number of hydrogen-bond donors (Lipinski definition) is 3. The zero-order chi connectivity index (χ0) is 8.12. The van der Waals surface area contributed by atoms with Crippen LogP contribution in [0.1, 0.15) is 0 Å². The van der Waals surface area contributed by atoms with Gasteiger partial charge in [0.05, 0.1) is 0 Å². The standard InChI is InChI=1S/3CH2O2.H3N.Zn/c3*2-1-3;;/h3*1H,(H,2,3);1H3;. The van der Waals surface area contributed by atoms with Crippen molar-refractivity contribution >= 4 is 19.4 Å². The number of quaternary nitrogens is 1. The summed E-state index contributed by atoms with van der Waals surface area (Å²) in [6.45, 7) is -1.00. The molecule has 0 bridgehead atoms. The second kappa shape index (κ2) is 145. The van der Waals surface area contributed by atoms with E-state index in [1.54, 1.807) is 0 Å². The molecule has 0 unspecified atom stereocenters. The van der Waals surface area contributed by atoms with Gasteiger partial charge in [-0.15, -0.1) is 0 Å². The molecular formula is C3H9NO6Zn. The third-order valence-corrected chi connectivity index (χ3v) is 0. The first-order valence-corrected chi connectivity index (χ1v) is 1.46. The van der Waals surface area contributed by atoms with Gasteiger partial charge in [-0.25, -0.2) is 0 Å². The molecule has 8 heteroatoms. The van der Waals surface area contributed by atoms with Crippen molar-refractivity contribution in [2.75, 3.05) is 0 Å². The average Bonchev–Trinajstić information content (AvgIpc) is 1.70. The Morgan fingerprint density at radius 2 is 1.00 bits per heavy atom. The minimum absolute atomic E-state index is 0. The van der Waals surface area contributed by atoms with Crippen molar-refractivity contribution < 1.29 is 49.2 Å². The number of carboxylic acid groups (broad SMARTS) is 3. The molecule has 0 rings (SSSR count). The van der Waals surface area contributed by atoms with Gasteiger partial charge in [-0.2, -0.15) is 0 Å². The summed E-state index contributed by atoms with van der Waals surface area (Å²) in [5.41, 5.74) is 0. The van der Waals surface area contributed by atoms with Crippen LogP contribution in [0.5, 0.6) is 0 Å². The summed E-state index contributed by atoms with van der Waals surface area (Å²) < 4.78 is 0. The van der Waals surface area contributed by atoms with Crippen LogP contribution in [-0.2, 0) is 33.9 Å². The molecule has 6 N–H and O–H groups in total. The maximum atomic E-state index is 8.36. The molecule has 0 amide bonds. The molecule has 64 valence electrons. The van der Waals surface area contributed by atoms with Gasteiger partial charge in [-0.3, -0.25) is 9.59 Å². The Kier molecular flexibility index (Phi) is 426. The van der Waals surface area contributed by atoms with Crippen molar-refractivity contribution in [3.8, 4) is 0 Å². The van der Waals surface area contributed by atoms with Crippen LogP contribution < -0.4 is 11.3 Å². The van der Waals surface area contributed by atoms with E-state index >= 15 is 0 Å². The van der Waals surface area contributed by atoms with E-state index in [2.05, 4.69) is 0 Å². The molecule has 0 aromatic rings. The van der Waals surface area contributed by atoms with Crippen LogP contribution in [0.2, 0.25) is 0 Å². The van der Waals surface area contributed by atoms with Crippen molar-refractivity contribution in [3.05, 3.63) is 0 Å². The molecule has 0 spiro atoms. The summed E-state index contributed by atoms with van der Waals surface area (Å²) in [7, 11) is 0. The van der Waals surface area contributed by atoms with Gasteiger partial charge in [-0.1, -0.05) is 0 Å². The maximum absolute atomic E-state index is 8.36. The topological polar surface area (TPSA) is 151 Å². The molecule has 0 aliphatic carbocycles. The first-order valence-electron chi connectivity index (χ1n) is 1.46. The summed E-state index contributed by atoms with van der Waals surface area (Å²) in [5, 5.41) is 22.0. The van der Waals surface area contributed by atoms with Gasteiger partial charge in [0.2, 0.25) is 0 Å². The molecule has 0 saturated carbocycles. The fourth-order valence-corrected chi connectivity index (χ4v) is 0. The van der Waals surface area contributed by atoms with Crippen LogP contribution in [0.4, 0.5) is 0 Å². The minimum atomic E-state index is -0.500. The van der Waals surface area contributed by atoms with Crippen LogP contribution >= 0.6 is 0 Å². The Hall–Kier alpha value is -1.01. The Balaban J connectivity index is -0.0000000150.